The molecule has 2 N–H and O–H groups in total. The fourth-order valence-electron chi connectivity index (χ4n) is 4.53. The standard InChI is InChI=1S/C30H28N4O6/c1-19-4-10-22(11-5-19)34-30(36)28(27(17-32-34)40-23-12-13-25-26(15-23)39-18-38-25)33-21-8-6-20(7-9-21)29(35)31-16-24-3-2-14-37-24/h4-13,15,17,24,33H,2-3,14,16,18H2,1H3,(H,31,35)/t24-/m1/s1. The van der Waals surface area contributed by atoms with E-state index in [1.807, 2.05) is 31.2 Å². The van der Waals surface area contributed by atoms with E-state index < -0.39 is 5.56 Å². The van der Waals surface area contributed by atoms with E-state index in [1.54, 1.807) is 42.5 Å². The van der Waals surface area contributed by atoms with Crippen LogP contribution in [0.15, 0.2) is 77.7 Å². The van der Waals surface area contributed by atoms with Crippen molar-refractivity contribution in [1.82, 2.24) is 15.1 Å². The number of benzene rings is 3. The number of rotatable bonds is 8. The summed E-state index contributed by atoms with van der Waals surface area (Å²) < 4.78 is 23.8. The normalized spacial score (nSPS) is 15.6. The molecule has 10 heteroatoms. The molecule has 0 unspecified atom stereocenters. The van der Waals surface area contributed by atoms with Crippen LogP contribution in [0, 0.1) is 6.92 Å². The molecule has 10 nitrogen and oxygen atoms in total. The minimum absolute atomic E-state index is 0.0652. The van der Waals surface area contributed by atoms with Gasteiger partial charge in [0.15, 0.2) is 22.9 Å². The molecule has 1 amide bonds. The molecule has 3 aromatic carbocycles. The van der Waals surface area contributed by atoms with Gasteiger partial charge in [0.05, 0.1) is 18.0 Å². The molecule has 0 saturated carbocycles. The fourth-order valence-corrected chi connectivity index (χ4v) is 4.53. The number of nitrogens with one attached hydrogen (secondary N) is 2. The molecule has 0 aliphatic carbocycles. The summed E-state index contributed by atoms with van der Waals surface area (Å²) in [5.41, 5.74) is 2.57. The Bertz CT molecular complexity index is 1580. The Morgan fingerprint density at radius 3 is 2.62 bits per heavy atom. The highest BCUT2D eigenvalue weighted by Crippen LogP contribution is 2.37. The number of aryl methyl sites for hydroxylation is 1. The van der Waals surface area contributed by atoms with Crippen LogP contribution in [0.2, 0.25) is 0 Å². The first-order valence-electron chi connectivity index (χ1n) is 13.1. The Hall–Kier alpha value is -4.83. The molecule has 6 rings (SSSR count). The maximum absolute atomic E-state index is 13.7. The van der Waals surface area contributed by atoms with E-state index >= 15 is 0 Å². The lowest BCUT2D eigenvalue weighted by Gasteiger charge is -2.15. The average Bonchev–Trinajstić information content (AvgIpc) is 3.67. The van der Waals surface area contributed by atoms with E-state index in [4.69, 9.17) is 18.9 Å². The van der Waals surface area contributed by atoms with E-state index in [1.165, 1.54) is 10.9 Å². The molecule has 4 aromatic rings. The van der Waals surface area contributed by atoms with Crippen LogP contribution < -0.4 is 30.4 Å². The Morgan fingerprint density at radius 1 is 1.05 bits per heavy atom. The predicted molar refractivity (Wildman–Crippen MR) is 148 cm³/mol. The van der Waals surface area contributed by atoms with Crippen LogP contribution in [0.5, 0.6) is 23.0 Å². The number of aromatic nitrogens is 2. The van der Waals surface area contributed by atoms with Crippen LogP contribution in [0.1, 0.15) is 28.8 Å². The second-order valence-electron chi connectivity index (χ2n) is 9.60. The predicted octanol–water partition coefficient (Wildman–Crippen LogP) is 4.71. The number of ether oxygens (including phenoxy) is 4. The van der Waals surface area contributed by atoms with Gasteiger partial charge in [-0.25, -0.2) is 0 Å². The first-order chi connectivity index (χ1) is 19.5. The summed E-state index contributed by atoms with van der Waals surface area (Å²) in [7, 11) is 0. The van der Waals surface area contributed by atoms with E-state index in [9.17, 15) is 9.59 Å². The van der Waals surface area contributed by atoms with Gasteiger partial charge in [0.1, 0.15) is 5.75 Å². The molecule has 0 bridgehead atoms. The summed E-state index contributed by atoms with van der Waals surface area (Å²) in [6.07, 6.45) is 3.52. The van der Waals surface area contributed by atoms with Crippen LogP contribution in [-0.2, 0) is 4.74 Å². The zero-order valence-electron chi connectivity index (χ0n) is 21.9. The van der Waals surface area contributed by atoms with Crippen molar-refractivity contribution in [2.45, 2.75) is 25.9 Å². The van der Waals surface area contributed by atoms with Crippen LogP contribution in [0.3, 0.4) is 0 Å². The monoisotopic (exact) mass is 540 g/mol. The number of carbonyl (C=O) groups excluding carboxylic acids is 1. The topological polar surface area (TPSA) is 113 Å². The summed E-state index contributed by atoms with van der Waals surface area (Å²) >= 11 is 0. The van der Waals surface area contributed by atoms with E-state index in [2.05, 4.69) is 15.7 Å². The van der Waals surface area contributed by atoms with Gasteiger partial charge in [0.2, 0.25) is 6.79 Å². The fraction of sp³-hybridized carbons (Fsp3) is 0.233. The second kappa shape index (κ2) is 11.1. The van der Waals surface area contributed by atoms with Gasteiger partial charge in [-0.3, -0.25) is 9.59 Å². The number of amides is 1. The lowest BCUT2D eigenvalue weighted by Crippen LogP contribution is -2.31. The number of hydrogen-bond donors (Lipinski definition) is 2. The van der Waals surface area contributed by atoms with Gasteiger partial charge >= 0.3 is 0 Å². The maximum atomic E-state index is 13.7. The van der Waals surface area contributed by atoms with Crippen molar-refractivity contribution >= 4 is 17.3 Å². The molecule has 40 heavy (non-hydrogen) atoms. The minimum atomic E-state index is -0.402. The van der Waals surface area contributed by atoms with Gasteiger partial charge in [-0.05, 0) is 68.3 Å². The summed E-state index contributed by atoms with van der Waals surface area (Å²) in [6, 6.07) is 19.5. The smallest absolute Gasteiger partial charge is 0.299 e. The first kappa shape index (κ1) is 25.4. The molecule has 0 spiro atoms. The SMILES string of the molecule is Cc1ccc(-n2ncc(Oc3ccc4c(c3)OCO4)c(Nc3ccc(C(=O)NC[C@H]4CCCO4)cc3)c2=O)cc1. The summed E-state index contributed by atoms with van der Waals surface area (Å²) in [6.45, 7) is 3.33. The molecule has 1 atom stereocenters. The minimum Gasteiger partial charge on any atom is -0.454 e. The molecule has 2 aliphatic heterocycles. The maximum Gasteiger partial charge on any atom is 0.299 e. The largest absolute Gasteiger partial charge is 0.454 e. The van der Waals surface area contributed by atoms with E-state index in [0.717, 1.165) is 25.0 Å². The first-order valence-corrected chi connectivity index (χ1v) is 13.1. The molecule has 3 heterocycles. The van der Waals surface area contributed by atoms with Gasteiger partial charge in [0, 0.05) is 30.5 Å². The van der Waals surface area contributed by atoms with Crippen molar-refractivity contribution in [3.8, 4) is 28.7 Å². The molecule has 204 valence electrons. The Morgan fingerprint density at radius 2 is 1.85 bits per heavy atom. The Labute approximate surface area is 230 Å². The highest BCUT2D eigenvalue weighted by Gasteiger charge is 2.19. The van der Waals surface area contributed by atoms with Gasteiger partial charge in [-0.15, -0.1) is 0 Å². The lowest BCUT2D eigenvalue weighted by molar-refractivity contribution is 0.0858. The molecule has 2 aliphatic rings. The average molecular weight is 541 g/mol. The number of hydrogen-bond acceptors (Lipinski definition) is 8. The van der Waals surface area contributed by atoms with Crippen LogP contribution in [0.4, 0.5) is 11.4 Å². The number of nitrogens with zero attached hydrogens (tertiary/aromatic N) is 2. The van der Waals surface area contributed by atoms with Crippen molar-refractivity contribution in [2.24, 2.45) is 0 Å². The lowest BCUT2D eigenvalue weighted by atomic mass is 10.1. The highest BCUT2D eigenvalue weighted by molar-refractivity contribution is 5.94. The van der Waals surface area contributed by atoms with Crippen LogP contribution in [0.25, 0.3) is 5.69 Å². The summed E-state index contributed by atoms with van der Waals surface area (Å²) in [5, 5.41) is 10.4. The molecule has 0 radical (unpaired) electrons. The molecular formula is C30H28N4O6. The molecule has 1 aromatic heterocycles. The molecule has 1 saturated heterocycles. The number of anilines is 2. The number of fused-ring (bicyclic) bond motifs is 1. The quantitative estimate of drug-likeness (QED) is 0.330. The van der Waals surface area contributed by atoms with Crippen molar-refractivity contribution in [1.29, 1.82) is 0 Å². The summed E-state index contributed by atoms with van der Waals surface area (Å²) in [4.78, 5) is 26.3. The van der Waals surface area contributed by atoms with Crippen LogP contribution >= 0.6 is 0 Å². The zero-order chi connectivity index (χ0) is 27.5. The van der Waals surface area contributed by atoms with Crippen molar-refractivity contribution in [2.75, 3.05) is 25.3 Å². The molecule has 1 fully saturated rings. The van der Waals surface area contributed by atoms with Gasteiger partial charge in [0.25, 0.3) is 11.5 Å². The third-order valence-corrected chi connectivity index (χ3v) is 6.72. The van der Waals surface area contributed by atoms with Gasteiger partial charge in [-0.2, -0.15) is 9.78 Å². The molecular weight excluding hydrogens is 512 g/mol. The second-order valence-corrected chi connectivity index (χ2v) is 9.60. The van der Waals surface area contributed by atoms with Crippen molar-refractivity contribution in [3.05, 3.63) is 94.4 Å². The Balaban J connectivity index is 1.27. The third kappa shape index (κ3) is 5.48. The van der Waals surface area contributed by atoms with Gasteiger partial charge < -0.3 is 29.6 Å². The summed E-state index contributed by atoms with van der Waals surface area (Å²) in [5.74, 6) is 1.69. The highest BCUT2D eigenvalue weighted by atomic mass is 16.7. The van der Waals surface area contributed by atoms with Crippen molar-refractivity contribution in [3.63, 3.8) is 0 Å². The van der Waals surface area contributed by atoms with Gasteiger partial charge in [-0.1, -0.05) is 17.7 Å². The Kier molecular flexibility index (Phi) is 7.07. The third-order valence-electron chi connectivity index (χ3n) is 6.72. The van der Waals surface area contributed by atoms with E-state index in [0.29, 0.717) is 40.7 Å². The number of carbonyl (C=O) groups is 1. The zero-order valence-corrected chi connectivity index (χ0v) is 21.9. The van der Waals surface area contributed by atoms with Crippen LogP contribution in [-0.4, -0.2) is 41.7 Å². The van der Waals surface area contributed by atoms with E-state index in [-0.39, 0.29) is 30.2 Å². The van der Waals surface area contributed by atoms with Crippen molar-refractivity contribution < 1.29 is 23.7 Å².